The molecule has 1 aromatic heterocycles. The summed E-state index contributed by atoms with van der Waals surface area (Å²) in [6, 6.07) is 13.3. The number of carbonyl (C=O) groups excluding carboxylic acids is 1. The maximum absolute atomic E-state index is 12.6. The SMILES string of the molecule is COc1cc(OC)c(NC(=O)CN2CC=C(c3cnn(-c4ccccc4)c3)CC2)cc1Cl. The van der Waals surface area contributed by atoms with E-state index in [1.807, 2.05) is 47.4 Å². The number of nitrogens with zero attached hydrogens (tertiary/aromatic N) is 3. The lowest BCUT2D eigenvalue weighted by molar-refractivity contribution is -0.117. The minimum Gasteiger partial charge on any atom is -0.495 e. The van der Waals surface area contributed by atoms with Gasteiger partial charge in [0.25, 0.3) is 0 Å². The zero-order chi connectivity index (χ0) is 22.5. The third kappa shape index (κ3) is 4.95. The van der Waals surface area contributed by atoms with Crippen molar-refractivity contribution in [2.75, 3.05) is 39.2 Å². The summed E-state index contributed by atoms with van der Waals surface area (Å²) in [6.07, 6.45) is 6.95. The second-order valence-corrected chi connectivity index (χ2v) is 7.87. The van der Waals surface area contributed by atoms with Gasteiger partial charge in [0.15, 0.2) is 0 Å². The molecule has 2 aromatic carbocycles. The molecule has 1 N–H and O–H groups in total. The van der Waals surface area contributed by atoms with Gasteiger partial charge in [-0.1, -0.05) is 35.9 Å². The van der Waals surface area contributed by atoms with E-state index in [1.54, 1.807) is 12.1 Å². The first-order chi connectivity index (χ1) is 15.6. The molecule has 0 saturated heterocycles. The van der Waals surface area contributed by atoms with Crippen LogP contribution in [0.4, 0.5) is 5.69 Å². The summed E-state index contributed by atoms with van der Waals surface area (Å²) in [4.78, 5) is 14.7. The van der Waals surface area contributed by atoms with Gasteiger partial charge in [-0.3, -0.25) is 9.69 Å². The van der Waals surface area contributed by atoms with Gasteiger partial charge < -0.3 is 14.8 Å². The lowest BCUT2D eigenvalue weighted by atomic mass is 10.0. The zero-order valence-corrected chi connectivity index (χ0v) is 18.8. The van der Waals surface area contributed by atoms with E-state index in [9.17, 15) is 4.79 Å². The van der Waals surface area contributed by atoms with Crippen molar-refractivity contribution in [3.8, 4) is 17.2 Å². The van der Waals surface area contributed by atoms with Crippen LogP contribution >= 0.6 is 11.6 Å². The summed E-state index contributed by atoms with van der Waals surface area (Å²) in [7, 11) is 3.07. The smallest absolute Gasteiger partial charge is 0.238 e. The number of nitrogens with one attached hydrogen (secondary N) is 1. The molecule has 1 amide bonds. The summed E-state index contributed by atoms with van der Waals surface area (Å²) < 4.78 is 12.4. The Bertz CT molecular complexity index is 1130. The van der Waals surface area contributed by atoms with Crippen molar-refractivity contribution < 1.29 is 14.3 Å². The van der Waals surface area contributed by atoms with E-state index >= 15 is 0 Å². The molecular formula is C24H25ClN4O3. The summed E-state index contributed by atoms with van der Waals surface area (Å²) in [5.41, 5.74) is 3.90. The minimum absolute atomic E-state index is 0.127. The molecule has 0 atom stereocenters. The van der Waals surface area contributed by atoms with Crippen LogP contribution in [0.25, 0.3) is 11.3 Å². The van der Waals surface area contributed by atoms with Crippen LogP contribution in [0.5, 0.6) is 11.5 Å². The maximum Gasteiger partial charge on any atom is 0.238 e. The molecule has 0 bridgehead atoms. The highest BCUT2D eigenvalue weighted by Crippen LogP contribution is 2.35. The molecule has 32 heavy (non-hydrogen) atoms. The van der Waals surface area contributed by atoms with Gasteiger partial charge in [0, 0.05) is 30.9 Å². The fourth-order valence-electron chi connectivity index (χ4n) is 3.68. The molecule has 2 heterocycles. The number of para-hydroxylation sites is 1. The second kappa shape index (κ2) is 9.89. The number of carbonyl (C=O) groups is 1. The minimum atomic E-state index is -0.127. The molecule has 0 radical (unpaired) electrons. The first-order valence-electron chi connectivity index (χ1n) is 10.3. The van der Waals surface area contributed by atoms with Crippen molar-refractivity contribution in [1.82, 2.24) is 14.7 Å². The van der Waals surface area contributed by atoms with Gasteiger partial charge in [0.2, 0.25) is 5.91 Å². The Morgan fingerprint density at radius 2 is 1.94 bits per heavy atom. The normalized spacial score (nSPS) is 14.0. The lowest BCUT2D eigenvalue weighted by Crippen LogP contribution is -2.36. The Morgan fingerprint density at radius 3 is 2.62 bits per heavy atom. The van der Waals surface area contributed by atoms with E-state index in [4.69, 9.17) is 21.1 Å². The Labute approximate surface area is 192 Å². The highest BCUT2D eigenvalue weighted by Gasteiger charge is 2.18. The fraction of sp³-hybridized carbons (Fsp3) is 0.250. The highest BCUT2D eigenvalue weighted by atomic mass is 35.5. The molecule has 0 unspecified atom stereocenters. The Morgan fingerprint density at radius 1 is 1.16 bits per heavy atom. The molecule has 8 heteroatoms. The summed E-state index contributed by atoms with van der Waals surface area (Å²) in [6.45, 7) is 1.76. The standard InChI is InChI=1S/C24H25ClN4O3/c1-31-22-13-23(32-2)21(12-20(22)25)27-24(30)16-28-10-8-17(9-11-28)18-14-26-29(15-18)19-6-4-3-5-7-19/h3-8,12-15H,9-11,16H2,1-2H3,(H,27,30). The number of rotatable bonds is 7. The van der Waals surface area contributed by atoms with Crippen LogP contribution in [0, 0.1) is 0 Å². The number of ether oxygens (including phenoxy) is 2. The van der Waals surface area contributed by atoms with Gasteiger partial charge in [-0.05, 0) is 30.2 Å². The maximum atomic E-state index is 12.6. The Balaban J connectivity index is 1.36. The predicted octanol–water partition coefficient (Wildman–Crippen LogP) is 4.27. The quantitative estimate of drug-likeness (QED) is 0.579. The highest BCUT2D eigenvalue weighted by molar-refractivity contribution is 6.32. The third-order valence-electron chi connectivity index (χ3n) is 5.38. The largest absolute Gasteiger partial charge is 0.495 e. The number of methoxy groups -OCH3 is 2. The van der Waals surface area contributed by atoms with Gasteiger partial charge >= 0.3 is 0 Å². The van der Waals surface area contributed by atoms with E-state index in [1.165, 1.54) is 19.8 Å². The number of anilines is 1. The number of benzene rings is 2. The van der Waals surface area contributed by atoms with Gasteiger partial charge in [0.1, 0.15) is 11.5 Å². The molecular weight excluding hydrogens is 428 g/mol. The molecule has 0 saturated carbocycles. The van der Waals surface area contributed by atoms with E-state index < -0.39 is 0 Å². The van der Waals surface area contributed by atoms with Gasteiger partial charge in [-0.2, -0.15) is 5.10 Å². The van der Waals surface area contributed by atoms with Crippen LogP contribution in [0.1, 0.15) is 12.0 Å². The molecule has 0 fully saturated rings. The Hall–Kier alpha value is -3.29. The van der Waals surface area contributed by atoms with E-state index in [2.05, 4.69) is 21.4 Å². The van der Waals surface area contributed by atoms with Crippen LogP contribution in [0.3, 0.4) is 0 Å². The average molecular weight is 453 g/mol. The first kappa shape index (κ1) is 21.9. The van der Waals surface area contributed by atoms with Crippen LogP contribution in [0.15, 0.2) is 60.9 Å². The topological polar surface area (TPSA) is 68.6 Å². The Kier molecular flexibility index (Phi) is 6.78. The first-order valence-corrected chi connectivity index (χ1v) is 10.7. The van der Waals surface area contributed by atoms with Crippen molar-refractivity contribution in [2.45, 2.75) is 6.42 Å². The molecule has 3 aromatic rings. The van der Waals surface area contributed by atoms with E-state index in [0.29, 0.717) is 28.8 Å². The van der Waals surface area contributed by atoms with Crippen molar-refractivity contribution in [3.05, 3.63) is 71.5 Å². The molecule has 1 aliphatic rings. The number of amides is 1. The van der Waals surface area contributed by atoms with E-state index in [-0.39, 0.29) is 12.5 Å². The monoisotopic (exact) mass is 452 g/mol. The molecule has 7 nitrogen and oxygen atoms in total. The van der Waals surface area contributed by atoms with Crippen LogP contribution in [0.2, 0.25) is 5.02 Å². The number of aromatic nitrogens is 2. The predicted molar refractivity (Wildman–Crippen MR) is 126 cm³/mol. The van der Waals surface area contributed by atoms with Crippen LogP contribution in [-0.2, 0) is 4.79 Å². The fourth-order valence-corrected chi connectivity index (χ4v) is 3.92. The summed E-state index contributed by atoms with van der Waals surface area (Å²) >= 11 is 6.19. The van der Waals surface area contributed by atoms with Crippen LogP contribution < -0.4 is 14.8 Å². The molecule has 4 rings (SSSR count). The zero-order valence-electron chi connectivity index (χ0n) is 18.0. The van der Waals surface area contributed by atoms with E-state index in [0.717, 1.165) is 24.2 Å². The molecule has 0 aliphatic carbocycles. The number of hydrogen-bond acceptors (Lipinski definition) is 5. The summed E-state index contributed by atoms with van der Waals surface area (Å²) in [5, 5.41) is 7.77. The van der Waals surface area contributed by atoms with Crippen molar-refractivity contribution >= 4 is 28.8 Å². The van der Waals surface area contributed by atoms with Gasteiger partial charge in [0.05, 0.1) is 43.4 Å². The van der Waals surface area contributed by atoms with Gasteiger partial charge in [-0.15, -0.1) is 0 Å². The molecule has 166 valence electrons. The van der Waals surface area contributed by atoms with Gasteiger partial charge in [-0.25, -0.2) is 4.68 Å². The van der Waals surface area contributed by atoms with Crippen LogP contribution in [-0.4, -0.2) is 54.4 Å². The second-order valence-electron chi connectivity index (χ2n) is 7.46. The number of halogens is 1. The molecule has 1 aliphatic heterocycles. The number of hydrogen-bond donors (Lipinski definition) is 1. The summed E-state index contributed by atoms with van der Waals surface area (Å²) in [5.74, 6) is 0.861. The van der Waals surface area contributed by atoms with Crippen molar-refractivity contribution in [3.63, 3.8) is 0 Å². The average Bonchev–Trinajstić information content (AvgIpc) is 3.31. The lowest BCUT2D eigenvalue weighted by Gasteiger charge is -2.25. The van der Waals surface area contributed by atoms with Crippen molar-refractivity contribution in [2.24, 2.45) is 0 Å². The third-order valence-corrected chi connectivity index (χ3v) is 5.68. The van der Waals surface area contributed by atoms with Crippen molar-refractivity contribution in [1.29, 1.82) is 0 Å². The molecule has 0 spiro atoms.